The van der Waals surface area contributed by atoms with E-state index in [0.717, 1.165) is 139 Å². The van der Waals surface area contributed by atoms with E-state index in [1.165, 1.54) is 58.4 Å². The molecule has 24 rings (SSSR count). The molecule has 0 fully saturated rings. The van der Waals surface area contributed by atoms with E-state index >= 15 is 0 Å². The molecule has 124 heavy (non-hydrogen) atoms. The van der Waals surface area contributed by atoms with E-state index in [1.54, 1.807) is 0 Å². The van der Waals surface area contributed by atoms with Crippen molar-refractivity contribution in [3.05, 3.63) is 437 Å². The smallest absolute Gasteiger partial charge is 0.164 e. The zero-order chi connectivity index (χ0) is 82.0. The first-order valence-electron chi connectivity index (χ1n) is 41.7. The van der Waals surface area contributed by atoms with Crippen molar-refractivity contribution < 1.29 is 4.42 Å². The maximum Gasteiger partial charge on any atom is 0.164 e. The Kier molecular flexibility index (Phi) is 18.2. The third kappa shape index (κ3) is 13.2. The predicted octanol–water partition coefficient (Wildman–Crippen LogP) is 30.2. The molecule has 0 unspecified atom stereocenters. The van der Waals surface area contributed by atoms with Crippen LogP contribution in [0.3, 0.4) is 0 Å². The summed E-state index contributed by atoms with van der Waals surface area (Å²) >= 11 is 1.87. The Morgan fingerprint density at radius 3 is 1.12 bits per heavy atom. The fourth-order valence-corrected chi connectivity index (χ4v) is 19.1. The third-order valence-electron chi connectivity index (χ3n) is 23.8. The number of hydrogen-bond acceptors (Lipinski definition) is 8. The van der Waals surface area contributed by atoms with Crippen LogP contribution in [0.1, 0.15) is 0 Å². The maximum absolute atomic E-state index is 6.54. The monoisotopic (exact) mass is 1600 g/mol. The van der Waals surface area contributed by atoms with Gasteiger partial charge in [-0.3, -0.25) is 0 Å². The topological polar surface area (TPSA) is 100 Å². The van der Waals surface area contributed by atoms with Crippen molar-refractivity contribution in [2.24, 2.45) is 0 Å². The number of nitrogens with zero attached hydrogens (tertiary/aromatic N) is 8. The highest BCUT2D eigenvalue weighted by Crippen LogP contribution is 2.47. The van der Waals surface area contributed by atoms with Gasteiger partial charge in [0.05, 0.1) is 22.1 Å². The largest absolute Gasteiger partial charge is 0.455 e. The van der Waals surface area contributed by atoms with Crippen LogP contribution in [-0.2, 0) is 0 Å². The molecule has 0 amide bonds. The van der Waals surface area contributed by atoms with Crippen molar-refractivity contribution in [3.63, 3.8) is 0 Å². The highest BCUT2D eigenvalue weighted by atomic mass is 32.1. The minimum Gasteiger partial charge on any atom is -0.455 e. The zero-order valence-electron chi connectivity index (χ0n) is 67.0. The second kappa shape index (κ2) is 31.1. The minimum absolute atomic E-state index is 0.595. The third-order valence-corrected chi connectivity index (χ3v) is 25.0. The van der Waals surface area contributed by atoms with Crippen molar-refractivity contribution in [1.29, 1.82) is 0 Å². The number of hydrogen-bond donors (Lipinski definition) is 0. The Bertz CT molecular complexity index is 8150. The molecule has 580 valence electrons. The molecular weight excluding hydrogens is 1530 g/mol. The van der Waals surface area contributed by atoms with Crippen LogP contribution in [0.25, 0.3) is 232 Å². The van der Waals surface area contributed by atoms with Gasteiger partial charge in [-0.15, -0.1) is 11.3 Å². The summed E-state index contributed by atoms with van der Waals surface area (Å²) in [7, 11) is 0. The average molecular weight is 1600 g/mol. The van der Waals surface area contributed by atoms with Crippen LogP contribution in [0, 0.1) is 0 Å². The van der Waals surface area contributed by atoms with Crippen molar-refractivity contribution in [1.82, 2.24) is 39.0 Å². The lowest BCUT2D eigenvalue weighted by molar-refractivity contribution is 0.670. The first-order valence-corrected chi connectivity index (χ1v) is 42.5. The zero-order valence-corrected chi connectivity index (χ0v) is 67.8. The first-order chi connectivity index (χ1) is 61.5. The lowest BCUT2D eigenvalue weighted by Crippen LogP contribution is -2.02. The Labute approximate surface area is 718 Å². The molecule has 24 aromatic rings. The summed E-state index contributed by atoms with van der Waals surface area (Å²) in [6, 6.07) is 154. The summed E-state index contributed by atoms with van der Waals surface area (Å²) in [5.74, 6) is 3.70. The predicted molar refractivity (Wildman–Crippen MR) is 514 cm³/mol. The van der Waals surface area contributed by atoms with Gasteiger partial charge in [0.15, 0.2) is 34.9 Å². The molecule has 0 atom stereocenters. The lowest BCUT2D eigenvalue weighted by atomic mass is 9.95. The van der Waals surface area contributed by atoms with Gasteiger partial charge in [-0.2, -0.15) is 0 Å². The molecule has 0 saturated carbocycles. The van der Waals surface area contributed by atoms with Crippen LogP contribution in [0.5, 0.6) is 0 Å². The van der Waals surface area contributed by atoms with Crippen LogP contribution in [0.15, 0.2) is 441 Å². The van der Waals surface area contributed by atoms with E-state index in [-0.39, 0.29) is 0 Å². The van der Waals surface area contributed by atoms with Gasteiger partial charge < -0.3 is 13.6 Å². The summed E-state index contributed by atoms with van der Waals surface area (Å²) in [6.45, 7) is 0. The Morgan fingerprint density at radius 1 is 0.185 bits per heavy atom. The van der Waals surface area contributed by atoms with Gasteiger partial charge in [0.25, 0.3) is 0 Å². The molecule has 0 aliphatic rings. The molecule has 0 aliphatic carbocycles. The molecule has 18 aromatic carbocycles. The van der Waals surface area contributed by atoms with Crippen molar-refractivity contribution in [2.75, 3.05) is 0 Å². The highest BCUT2D eigenvalue weighted by molar-refractivity contribution is 7.26. The van der Waals surface area contributed by atoms with Gasteiger partial charge >= 0.3 is 0 Å². The van der Waals surface area contributed by atoms with Gasteiger partial charge in [0.1, 0.15) is 11.2 Å². The number of rotatable bonds is 14. The van der Waals surface area contributed by atoms with Gasteiger partial charge in [-0.25, -0.2) is 29.9 Å². The van der Waals surface area contributed by atoms with Gasteiger partial charge in [0.2, 0.25) is 0 Å². The lowest BCUT2D eigenvalue weighted by Gasteiger charge is -2.16. The number of thiophene rings is 1. The van der Waals surface area contributed by atoms with Gasteiger partial charge in [0, 0.05) is 103 Å². The Balaban J connectivity index is 0.000000143. The molecule has 0 aliphatic heterocycles. The number of benzene rings is 18. The first kappa shape index (κ1) is 72.8. The minimum atomic E-state index is 0.595. The van der Waals surface area contributed by atoms with Crippen molar-refractivity contribution in [3.8, 4) is 146 Å². The molecule has 6 aromatic heterocycles. The quantitative estimate of drug-likeness (QED) is 0.107. The van der Waals surface area contributed by atoms with Crippen LogP contribution >= 0.6 is 11.3 Å². The highest BCUT2D eigenvalue weighted by Gasteiger charge is 2.25. The summed E-state index contributed by atoms with van der Waals surface area (Å²) in [6.07, 6.45) is 0. The summed E-state index contributed by atoms with van der Waals surface area (Å²) in [5.41, 5.74) is 27.3. The van der Waals surface area contributed by atoms with E-state index in [9.17, 15) is 0 Å². The Morgan fingerprint density at radius 2 is 0.548 bits per heavy atom. The molecule has 0 radical (unpaired) electrons. The maximum atomic E-state index is 6.54. The summed E-state index contributed by atoms with van der Waals surface area (Å²) < 4.78 is 13.9. The standard InChI is InChI=1S/C57H36N4O.C57H36N4S/c1-4-16-37(17-5-1)40-22-14-23-41(34-40)44-33-31-43(36-50(44)57-59-55(38-18-6-2-7-19-38)58-56(60-57)39-20-8-3-9-21-39)61-51-28-12-10-24-46(51)47-32-30-42(35-52(47)61)45-26-15-27-49-48-25-11-13-29-53(48)62-54(45)49;1-4-15-37(16-5-1)38-27-29-41(30-28-38)56-58-55(40-19-8-3-9-20-40)59-57(60-56)49-34-32-43(36-50(49)39-17-6-2-7-18-39)61-51-25-12-10-21-45(51)46-33-31-42(35-52(46)61)44-23-14-24-48-47-22-11-13-26-53(47)62-54(44)48/h2*1-36H. The molecule has 9 nitrogen and oxygen atoms in total. The summed E-state index contributed by atoms with van der Waals surface area (Å²) in [5, 5.41) is 9.60. The SMILES string of the molecule is c1ccc(-c2ccc(-c3nc(-c4ccccc4)nc(-c4ccc(-n5c6ccccc6c6ccc(-c7cccc8c7sc7ccccc78)cc65)cc4-c4ccccc4)n3)cc2)cc1.c1ccc(-c2cccc(-c3ccc(-n4c5ccccc5c5ccc(-c6cccc7c6oc6ccccc67)cc54)cc3-c3nc(-c4ccccc4)nc(-c4ccccc4)n3)c2)cc1. The van der Waals surface area contributed by atoms with E-state index in [4.69, 9.17) is 34.3 Å². The van der Waals surface area contributed by atoms with Crippen LogP contribution < -0.4 is 0 Å². The van der Waals surface area contributed by atoms with Gasteiger partial charge in [-0.05, 0) is 134 Å². The summed E-state index contributed by atoms with van der Waals surface area (Å²) in [4.78, 5) is 31.1. The Hall–Kier alpha value is -16.4. The fraction of sp³-hybridized carbons (Fsp3) is 0. The molecule has 6 heterocycles. The number of fused-ring (bicyclic) bond motifs is 12. The van der Waals surface area contributed by atoms with Crippen molar-refractivity contribution >= 4 is 97.1 Å². The molecule has 0 N–H and O–H groups in total. The van der Waals surface area contributed by atoms with Crippen LogP contribution in [0.2, 0.25) is 0 Å². The molecular formula is C114H72N8OS. The fourth-order valence-electron chi connectivity index (χ4n) is 17.8. The van der Waals surface area contributed by atoms with E-state index in [2.05, 4.69) is 373 Å². The second-order valence-electron chi connectivity index (χ2n) is 31.2. The van der Waals surface area contributed by atoms with E-state index in [0.29, 0.717) is 34.9 Å². The molecule has 0 spiro atoms. The second-order valence-corrected chi connectivity index (χ2v) is 32.2. The molecule has 0 saturated heterocycles. The van der Waals surface area contributed by atoms with E-state index in [1.807, 2.05) is 84.1 Å². The molecule has 10 heteroatoms. The van der Waals surface area contributed by atoms with Crippen LogP contribution in [-0.4, -0.2) is 39.0 Å². The van der Waals surface area contributed by atoms with Gasteiger partial charge in [-0.1, -0.05) is 364 Å². The van der Waals surface area contributed by atoms with Crippen molar-refractivity contribution in [2.45, 2.75) is 0 Å². The number of para-hydroxylation sites is 4. The molecule has 0 bridgehead atoms. The normalized spacial score (nSPS) is 11.5. The number of aromatic nitrogens is 8. The average Bonchev–Trinajstić information content (AvgIpc) is 1.57. The number of furan rings is 1. The van der Waals surface area contributed by atoms with E-state index < -0.39 is 0 Å². The van der Waals surface area contributed by atoms with Crippen LogP contribution in [0.4, 0.5) is 0 Å².